The van der Waals surface area contributed by atoms with Crippen molar-refractivity contribution < 1.29 is 39.6 Å². The number of hydrogen-bond acceptors (Lipinski definition) is 4. The van der Waals surface area contributed by atoms with Gasteiger partial charge in [-0.25, -0.2) is 0 Å². The van der Waals surface area contributed by atoms with Gasteiger partial charge in [0.15, 0.2) is 0 Å². The second-order valence-electron chi connectivity index (χ2n) is 5.02. The maximum absolute atomic E-state index is 11.1. The first-order chi connectivity index (χ1) is 8.77. The third kappa shape index (κ3) is 1.74. The molecule has 8 nitrogen and oxygen atoms in total. The SMILES string of the molecule is O=C(O)[C@@H]1C2CC([C@@H](C(=O)O)[C@H]2C(=O)O)[C@@H]1C(=O)O. The second kappa shape index (κ2) is 4.22. The molecular formula is C11H12O8. The Labute approximate surface area is 106 Å². The number of rotatable bonds is 4. The van der Waals surface area contributed by atoms with Gasteiger partial charge in [-0.3, -0.25) is 19.2 Å². The first-order valence-electron chi connectivity index (χ1n) is 5.68. The van der Waals surface area contributed by atoms with Gasteiger partial charge in [0.2, 0.25) is 0 Å². The van der Waals surface area contributed by atoms with Crippen molar-refractivity contribution in [1.82, 2.24) is 0 Å². The second-order valence-corrected chi connectivity index (χ2v) is 5.02. The molecule has 0 radical (unpaired) electrons. The normalized spacial score (nSPS) is 40.0. The predicted octanol–water partition coefficient (Wildman–Crippen LogP) is -0.561. The Kier molecular flexibility index (Phi) is 2.95. The van der Waals surface area contributed by atoms with E-state index in [0.717, 1.165) is 0 Å². The van der Waals surface area contributed by atoms with E-state index in [-0.39, 0.29) is 6.42 Å². The molecule has 2 aliphatic carbocycles. The third-order valence-corrected chi connectivity index (χ3v) is 4.30. The van der Waals surface area contributed by atoms with E-state index < -0.39 is 59.4 Å². The van der Waals surface area contributed by atoms with Crippen LogP contribution in [0.5, 0.6) is 0 Å². The fourth-order valence-corrected chi connectivity index (χ4v) is 3.76. The summed E-state index contributed by atoms with van der Waals surface area (Å²) in [5.41, 5.74) is 0. The Bertz CT molecular complexity index is 387. The maximum atomic E-state index is 11.1. The van der Waals surface area contributed by atoms with Crippen molar-refractivity contribution in [3.63, 3.8) is 0 Å². The number of carboxylic acid groups (broad SMARTS) is 4. The molecule has 8 heteroatoms. The van der Waals surface area contributed by atoms with E-state index >= 15 is 0 Å². The topological polar surface area (TPSA) is 149 Å². The van der Waals surface area contributed by atoms with Crippen molar-refractivity contribution in [2.45, 2.75) is 6.42 Å². The van der Waals surface area contributed by atoms with E-state index in [4.69, 9.17) is 20.4 Å². The molecule has 0 aromatic carbocycles. The van der Waals surface area contributed by atoms with Crippen LogP contribution in [0.3, 0.4) is 0 Å². The van der Waals surface area contributed by atoms with Crippen LogP contribution in [0.2, 0.25) is 0 Å². The number of aliphatic carboxylic acids is 4. The lowest BCUT2D eigenvalue weighted by molar-refractivity contribution is -0.169. The van der Waals surface area contributed by atoms with Crippen LogP contribution in [0.4, 0.5) is 0 Å². The third-order valence-electron chi connectivity index (χ3n) is 4.30. The van der Waals surface area contributed by atoms with E-state index in [2.05, 4.69) is 0 Å². The fraction of sp³-hybridized carbons (Fsp3) is 0.636. The molecule has 2 aliphatic rings. The summed E-state index contributed by atoms with van der Waals surface area (Å²) in [6.07, 6.45) is 0.0157. The van der Waals surface area contributed by atoms with Crippen molar-refractivity contribution in [3.05, 3.63) is 0 Å². The number of carboxylic acids is 4. The highest BCUT2D eigenvalue weighted by atomic mass is 16.4. The molecule has 0 aromatic heterocycles. The maximum Gasteiger partial charge on any atom is 0.307 e. The number of fused-ring (bicyclic) bond motifs is 2. The van der Waals surface area contributed by atoms with Crippen molar-refractivity contribution in [1.29, 1.82) is 0 Å². The molecule has 0 aliphatic heterocycles. The lowest BCUT2D eigenvalue weighted by Crippen LogP contribution is -2.47. The van der Waals surface area contributed by atoms with Crippen LogP contribution >= 0.6 is 0 Å². The molecule has 4 N–H and O–H groups in total. The van der Waals surface area contributed by atoms with Crippen molar-refractivity contribution in [2.24, 2.45) is 35.5 Å². The Hall–Kier alpha value is -2.12. The fourth-order valence-electron chi connectivity index (χ4n) is 3.76. The molecule has 2 bridgehead atoms. The lowest BCUT2D eigenvalue weighted by atomic mass is 9.68. The summed E-state index contributed by atoms with van der Waals surface area (Å²) in [7, 11) is 0. The van der Waals surface area contributed by atoms with Crippen LogP contribution in [0.25, 0.3) is 0 Å². The van der Waals surface area contributed by atoms with Crippen LogP contribution in [-0.2, 0) is 19.2 Å². The molecule has 2 rings (SSSR count). The van der Waals surface area contributed by atoms with Gasteiger partial charge in [0.1, 0.15) is 0 Å². The van der Waals surface area contributed by atoms with E-state index in [1.165, 1.54) is 0 Å². The minimum atomic E-state index is -1.38. The Morgan fingerprint density at radius 2 is 0.789 bits per heavy atom. The van der Waals surface area contributed by atoms with Gasteiger partial charge >= 0.3 is 23.9 Å². The first-order valence-corrected chi connectivity index (χ1v) is 5.68. The van der Waals surface area contributed by atoms with Gasteiger partial charge in [0.05, 0.1) is 23.7 Å². The zero-order valence-corrected chi connectivity index (χ0v) is 9.59. The minimum Gasteiger partial charge on any atom is -0.481 e. The van der Waals surface area contributed by atoms with Crippen LogP contribution in [-0.4, -0.2) is 44.3 Å². The van der Waals surface area contributed by atoms with Crippen LogP contribution < -0.4 is 0 Å². The minimum absolute atomic E-state index is 0.0157. The smallest absolute Gasteiger partial charge is 0.307 e. The number of hydrogen-bond donors (Lipinski definition) is 4. The lowest BCUT2D eigenvalue weighted by Gasteiger charge is -2.33. The molecular weight excluding hydrogens is 260 g/mol. The summed E-state index contributed by atoms with van der Waals surface area (Å²) in [5.74, 6) is -12.7. The van der Waals surface area contributed by atoms with Gasteiger partial charge in [-0.2, -0.15) is 0 Å². The molecule has 0 spiro atoms. The summed E-state index contributed by atoms with van der Waals surface area (Å²) >= 11 is 0. The van der Waals surface area contributed by atoms with Gasteiger partial charge in [-0.05, 0) is 18.3 Å². The highest BCUT2D eigenvalue weighted by Gasteiger charge is 2.66. The summed E-state index contributed by atoms with van der Waals surface area (Å²) in [6, 6.07) is 0. The van der Waals surface area contributed by atoms with Gasteiger partial charge in [0.25, 0.3) is 0 Å². The van der Waals surface area contributed by atoms with Crippen LogP contribution in [0.1, 0.15) is 6.42 Å². The number of carbonyl (C=O) groups is 4. The van der Waals surface area contributed by atoms with Gasteiger partial charge < -0.3 is 20.4 Å². The van der Waals surface area contributed by atoms with Gasteiger partial charge in [-0.15, -0.1) is 0 Å². The zero-order chi connectivity index (χ0) is 14.5. The molecule has 104 valence electrons. The summed E-state index contributed by atoms with van der Waals surface area (Å²) < 4.78 is 0. The quantitative estimate of drug-likeness (QED) is 0.532. The first kappa shape index (κ1) is 13.3. The average molecular weight is 272 g/mol. The van der Waals surface area contributed by atoms with E-state index in [1.54, 1.807) is 0 Å². The molecule has 0 amide bonds. The molecule has 2 saturated carbocycles. The standard InChI is InChI=1S/C11H12O8/c12-8(13)4-2-1-3(6(4)10(16)17)7(11(18)19)5(2)9(14)15/h2-7H,1H2,(H,12,13)(H,14,15)(H,16,17)(H,18,19)/t2?,3?,4-,5+,6+,7-. The molecule has 2 fully saturated rings. The molecule has 2 unspecified atom stereocenters. The van der Waals surface area contributed by atoms with E-state index in [9.17, 15) is 19.2 Å². The molecule has 0 heterocycles. The highest BCUT2D eigenvalue weighted by molar-refractivity contribution is 5.88. The molecule has 6 atom stereocenters. The van der Waals surface area contributed by atoms with Gasteiger partial charge in [0, 0.05) is 0 Å². The summed E-state index contributed by atoms with van der Waals surface area (Å²) in [6.45, 7) is 0. The van der Waals surface area contributed by atoms with Crippen LogP contribution in [0.15, 0.2) is 0 Å². The van der Waals surface area contributed by atoms with E-state index in [1.807, 2.05) is 0 Å². The molecule has 0 saturated heterocycles. The Balaban J connectivity index is 2.45. The van der Waals surface area contributed by atoms with E-state index in [0.29, 0.717) is 0 Å². The monoisotopic (exact) mass is 272 g/mol. The molecule has 0 aromatic rings. The van der Waals surface area contributed by atoms with Crippen molar-refractivity contribution in [3.8, 4) is 0 Å². The Morgan fingerprint density at radius 3 is 0.947 bits per heavy atom. The summed E-state index contributed by atoms with van der Waals surface area (Å²) in [4.78, 5) is 44.6. The molecule has 19 heavy (non-hydrogen) atoms. The van der Waals surface area contributed by atoms with Crippen molar-refractivity contribution >= 4 is 23.9 Å². The predicted molar refractivity (Wildman–Crippen MR) is 56.1 cm³/mol. The van der Waals surface area contributed by atoms with Crippen LogP contribution in [0, 0.1) is 35.5 Å². The average Bonchev–Trinajstić information content (AvgIpc) is 2.81. The Morgan fingerprint density at radius 1 is 0.579 bits per heavy atom. The zero-order valence-electron chi connectivity index (χ0n) is 9.59. The highest BCUT2D eigenvalue weighted by Crippen LogP contribution is 2.58. The van der Waals surface area contributed by atoms with Crippen molar-refractivity contribution in [2.75, 3.05) is 0 Å². The van der Waals surface area contributed by atoms with Gasteiger partial charge in [-0.1, -0.05) is 0 Å². The largest absolute Gasteiger partial charge is 0.481 e. The summed E-state index contributed by atoms with van der Waals surface area (Å²) in [5, 5.41) is 36.3.